The monoisotopic (exact) mass is 238 g/mol. The Balaban J connectivity index is 2.42. The number of rotatable bonds is 4. The summed E-state index contributed by atoms with van der Waals surface area (Å²) in [5.41, 5.74) is 1.86. The van der Waals surface area contributed by atoms with Gasteiger partial charge in [-0.25, -0.2) is 4.98 Å². The Bertz CT molecular complexity index is 392. The highest BCUT2D eigenvalue weighted by Gasteiger charge is 2.21. The molecule has 0 aliphatic carbocycles. The van der Waals surface area contributed by atoms with E-state index >= 15 is 0 Å². The smallest absolute Gasteiger partial charge is 0.204 e. The van der Waals surface area contributed by atoms with Gasteiger partial charge in [-0.3, -0.25) is 0 Å². The summed E-state index contributed by atoms with van der Waals surface area (Å²) >= 11 is 0. The fourth-order valence-electron chi connectivity index (χ4n) is 2.03. The van der Waals surface area contributed by atoms with Gasteiger partial charge in [0.15, 0.2) is 0 Å². The first-order chi connectivity index (χ1) is 8.30. The number of hydrogen-bond donors (Lipinski definition) is 1. The molecule has 0 radical (unpaired) electrons. The molecule has 0 saturated heterocycles. The molecule has 0 bridgehead atoms. The molecule has 1 aliphatic heterocycles. The van der Waals surface area contributed by atoms with Crippen molar-refractivity contribution in [1.29, 1.82) is 0 Å². The van der Waals surface area contributed by atoms with Gasteiger partial charge in [-0.2, -0.15) is 0 Å². The average molecular weight is 238 g/mol. The maximum Gasteiger partial charge on any atom is 0.204 e. The van der Waals surface area contributed by atoms with E-state index in [1.807, 2.05) is 6.07 Å². The normalized spacial score (nSPS) is 14.4. The molecule has 0 saturated carbocycles. The molecule has 1 aromatic heterocycles. The van der Waals surface area contributed by atoms with Crippen molar-refractivity contribution in [3.8, 4) is 5.75 Å². The van der Waals surface area contributed by atoms with Crippen molar-refractivity contribution < 1.29 is 14.2 Å². The lowest BCUT2D eigenvalue weighted by Crippen LogP contribution is -2.17. The number of anilines is 1. The summed E-state index contributed by atoms with van der Waals surface area (Å²) in [6.45, 7) is 0.955. The van der Waals surface area contributed by atoms with Crippen LogP contribution in [0, 0.1) is 0 Å². The minimum atomic E-state index is -0.501. The predicted octanol–water partition coefficient (Wildman–Crippen LogP) is 1.74. The number of pyridine rings is 1. The summed E-state index contributed by atoms with van der Waals surface area (Å²) in [6, 6.07) is 2.01. The van der Waals surface area contributed by atoms with Crippen molar-refractivity contribution in [3.05, 3.63) is 17.3 Å². The third-order valence-electron chi connectivity index (χ3n) is 2.88. The van der Waals surface area contributed by atoms with Crippen LogP contribution < -0.4 is 10.1 Å². The Morgan fingerprint density at radius 3 is 2.71 bits per heavy atom. The van der Waals surface area contributed by atoms with E-state index in [1.54, 1.807) is 21.3 Å². The fraction of sp³-hybridized carbons (Fsp3) is 0.583. The molecule has 5 nitrogen and oxygen atoms in total. The van der Waals surface area contributed by atoms with Gasteiger partial charge in [-0.1, -0.05) is 0 Å². The van der Waals surface area contributed by atoms with Crippen LogP contribution in [0.3, 0.4) is 0 Å². The van der Waals surface area contributed by atoms with E-state index < -0.39 is 6.29 Å². The van der Waals surface area contributed by atoms with Crippen LogP contribution in [0.5, 0.6) is 5.75 Å². The Kier molecular flexibility index (Phi) is 3.81. The highest BCUT2D eigenvalue weighted by molar-refractivity contribution is 5.51. The van der Waals surface area contributed by atoms with Crippen molar-refractivity contribution in [2.24, 2.45) is 0 Å². The van der Waals surface area contributed by atoms with Crippen molar-refractivity contribution in [2.75, 3.05) is 33.2 Å². The largest absolute Gasteiger partial charge is 0.495 e. The maximum atomic E-state index is 5.35. The Hall–Kier alpha value is -1.33. The van der Waals surface area contributed by atoms with E-state index in [-0.39, 0.29) is 0 Å². The van der Waals surface area contributed by atoms with Crippen LogP contribution in [0.25, 0.3) is 0 Å². The molecule has 2 heterocycles. The van der Waals surface area contributed by atoms with E-state index in [0.29, 0.717) is 11.4 Å². The molecule has 0 fully saturated rings. The summed E-state index contributed by atoms with van der Waals surface area (Å²) in [6.07, 6.45) is 1.64. The van der Waals surface area contributed by atoms with Gasteiger partial charge < -0.3 is 19.5 Å². The SMILES string of the molecule is COc1cc2c(nc1C(OC)OC)NCCC2. The van der Waals surface area contributed by atoms with E-state index in [2.05, 4.69) is 10.3 Å². The van der Waals surface area contributed by atoms with Crippen LogP contribution in [-0.2, 0) is 15.9 Å². The number of nitrogens with one attached hydrogen (secondary N) is 1. The molecule has 0 unspecified atom stereocenters. The number of aromatic nitrogens is 1. The van der Waals surface area contributed by atoms with Crippen LogP contribution in [0.2, 0.25) is 0 Å². The Morgan fingerprint density at radius 2 is 2.06 bits per heavy atom. The summed E-state index contributed by atoms with van der Waals surface area (Å²) in [7, 11) is 4.80. The number of fused-ring (bicyclic) bond motifs is 1. The third kappa shape index (κ3) is 2.35. The van der Waals surface area contributed by atoms with Crippen molar-refractivity contribution >= 4 is 5.82 Å². The summed E-state index contributed by atoms with van der Waals surface area (Å²) in [4.78, 5) is 4.54. The Morgan fingerprint density at radius 1 is 1.29 bits per heavy atom. The van der Waals surface area contributed by atoms with Crippen molar-refractivity contribution in [2.45, 2.75) is 19.1 Å². The third-order valence-corrected chi connectivity index (χ3v) is 2.88. The highest BCUT2D eigenvalue weighted by atomic mass is 16.7. The molecular formula is C12H18N2O3. The van der Waals surface area contributed by atoms with E-state index in [0.717, 1.165) is 25.2 Å². The number of ether oxygens (including phenoxy) is 3. The lowest BCUT2D eigenvalue weighted by atomic mass is 10.1. The molecule has 5 heteroatoms. The number of aryl methyl sites for hydroxylation is 1. The molecule has 0 spiro atoms. The molecule has 0 atom stereocenters. The average Bonchev–Trinajstić information content (AvgIpc) is 2.39. The second-order valence-electron chi connectivity index (χ2n) is 3.92. The van der Waals surface area contributed by atoms with Gasteiger partial charge in [0.1, 0.15) is 17.3 Å². The Labute approximate surface area is 101 Å². The first kappa shape index (κ1) is 12.1. The van der Waals surface area contributed by atoms with Crippen LogP contribution in [0.15, 0.2) is 6.07 Å². The second kappa shape index (κ2) is 5.33. The second-order valence-corrected chi connectivity index (χ2v) is 3.92. The summed E-state index contributed by atoms with van der Waals surface area (Å²) < 4.78 is 15.8. The van der Waals surface area contributed by atoms with Gasteiger partial charge in [-0.15, -0.1) is 0 Å². The molecule has 1 N–H and O–H groups in total. The minimum absolute atomic E-state index is 0.501. The molecule has 94 valence electrons. The van der Waals surface area contributed by atoms with Gasteiger partial charge in [0.2, 0.25) is 6.29 Å². The van der Waals surface area contributed by atoms with Gasteiger partial charge in [0.25, 0.3) is 0 Å². The lowest BCUT2D eigenvalue weighted by molar-refractivity contribution is -0.109. The lowest BCUT2D eigenvalue weighted by Gasteiger charge is -2.22. The minimum Gasteiger partial charge on any atom is -0.495 e. The number of nitrogens with zero attached hydrogens (tertiary/aromatic N) is 1. The zero-order chi connectivity index (χ0) is 12.3. The van der Waals surface area contributed by atoms with Gasteiger partial charge in [-0.05, 0) is 24.5 Å². The summed E-state index contributed by atoms with van der Waals surface area (Å²) in [5.74, 6) is 1.62. The van der Waals surface area contributed by atoms with Crippen LogP contribution in [-0.4, -0.2) is 32.9 Å². The van der Waals surface area contributed by atoms with Crippen molar-refractivity contribution in [3.63, 3.8) is 0 Å². The van der Waals surface area contributed by atoms with Crippen molar-refractivity contribution in [1.82, 2.24) is 4.98 Å². The zero-order valence-corrected chi connectivity index (χ0v) is 10.4. The van der Waals surface area contributed by atoms with E-state index in [4.69, 9.17) is 14.2 Å². The number of methoxy groups -OCH3 is 3. The molecule has 17 heavy (non-hydrogen) atoms. The van der Waals surface area contributed by atoms with E-state index in [1.165, 1.54) is 5.56 Å². The first-order valence-electron chi connectivity index (χ1n) is 5.67. The molecule has 2 rings (SSSR count). The topological polar surface area (TPSA) is 52.6 Å². The van der Waals surface area contributed by atoms with Gasteiger partial charge in [0.05, 0.1) is 7.11 Å². The van der Waals surface area contributed by atoms with E-state index in [9.17, 15) is 0 Å². The molecule has 0 amide bonds. The zero-order valence-electron chi connectivity index (χ0n) is 10.4. The number of hydrogen-bond acceptors (Lipinski definition) is 5. The van der Waals surface area contributed by atoms with Crippen LogP contribution in [0.1, 0.15) is 24.0 Å². The van der Waals surface area contributed by atoms with Gasteiger partial charge in [0, 0.05) is 20.8 Å². The quantitative estimate of drug-likeness (QED) is 0.810. The fourth-order valence-corrected chi connectivity index (χ4v) is 2.03. The molecule has 1 aromatic rings. The molecule has 0 aromatic carbocycles. The standard InChI is InChI=1S/C12H18N2O3/c1-15-9-7-8-5-4-6-13-11(8)14-10(9)12(16-2)17-3/h7,12H,4-6H2,1-3H3,(H,13,14). The maximum absolute atomic E-state index is 5.35. The van der Waals surface area contributed by atoms with Gasteiger partial charge >= 0.3 is 0 Å². The van der Waals surface area contributed by atoms with Crippen LogP contribution >= 0.6 is 0 Å². The summed E-state index contributed by atoms with van der Waals surface area (Å²) in [5, 5.41) is 3.28. The predicted molar refractivity (Wildman–Crippen MR) is 64.4 cm³/mol. The molecular weight excluding hydrogens is 220 g/mol. The van der Waals surface area contributed by atoms with Crippen LogP contribution in [0.4, 0.5) is 5.82 Å². The highest BCUT2D eigenvalue weighted by Crippen LogP contribution is 2.32. The first-order valence-corrected chi connectivity index (χ1v) is 5.67. The molecule has 1 aliphatic rings.